The van der Waals surface area contributed by atoms with Crippen LogP contribution < -0.4 is 11.1 Å². The number of hydrogen-bond donors (Lipinski definition) is 2. The van der Waals surface area contributed by atoms with Crippen molar-refractivity contribution in [3.05, 3.63) is 34.1 Å². The molecule has 1 rings (SSSR count). The Morgan fingerprint density at radius 3 is 2.87 bits per heavy atom. The highest BCUT2D eigenvalue weighted by atomic mass is 79.9. The molecule has 0 spiro atoms. The lowest BCUT2D eigenvalue weighted by atomic mass is 10.2. The van der Waals surface area contributed by atoms with Crippen LogP contribution in [0.25, 0.3) is 0 Å². The molecule has 1 atom stereocenters. The van der Waals surface area contributed by atoms with Gasteiger partial charge in [-0.25, -0.2) is 4.39 Å². The Hall–Kier alpha value is -0.940. The largest absolute Gasteiger partial charge is 0.351 e. The van der Waals surface area contributed by atoms with Gasteiger partial charge in [0, 0.05) is 6.54 Å². The van der Waals surface area contributed by atoms with Gasteiger partial charge in [-0.1, -0.05) is 6.07 Å². The highest BCUT2D eigenvalue weighted by Gasteiger charge is 2.07. The lowest BCUT2D eigenvalue weighted by Gasteiger charge is -2.07. The van der Waals surface area contributed by atoms with E-state index in [2.05, 4.69) is 21.2 Å². The van der Waals surface area contributed by atoms with Crippen LogP contribution in [0, 0.1) is 5.82 Å². The van der Waals surface area contributed by atoms with Crippen molar-refractivity contribution in [1.82, 2.24) is 5.32 Å². The van der Waals surface area contributed by atoms with Crippen LogP contribution in [-0.4, -0.2) is 11.9 Å². The van der Waals surface area contributed by atoms with E-state index in [4.69, 9.17) is 5.73 Å². The van der Waals surface area contributed by atoms with Crippen LogP contribution in [0.3, 0.4) is 0 Å². The molecule has 1 amide bonds. The quantitative estimate of drug-likeness (QED) is 0.879. The first-order chi connectivity index (χ1) is 7.00. The van der Waals surface area contributed by atoms with Gasteiger partial charge < -0.3 is 11.1 Å². The predicted molar refractivity (Wildman–Crippen MR) is 59.6 cm³/mol. The van der Waals surface area contributed by atoms with Crippen molar-refractivity contribution in [2.75, 3.05) is 0 Å². The van der Waals surface area contributed by atoms with E-state index in [9.17, 15) is 9.18 Å². The van der Waals surface area contributed by atoms with Gasteiger partial charge in [0.05, 0.1) is 10.5 Å². The summed E-state index contributed by atoms with van der Waals surface area (Å²) in [5, 5.41) is 2.60. The van der Waals surface area contributed by atoms with Gasteiger partial charge >= 0.3 is 0 Å². The average molecular weight is 275 g/mol. The van der Waals surface area contributed by atoms with Gasteiger partial charge in [0.25, 0.3) is 0 Å². The zero-order valence-corrected chi connectivity index (χ0v) is 9.84. The molecule has 5 heteroatoms. The number of rotatable bonds is 3. The first kappa shape index (κ1) is 12.1. The Kier molecular flexibility index (Phi) is 4.23. The molecular formula is C10H12BrFN2O. The molecule has 0 radical (unpaired) electrons. The predicted octanol–water partition coefficient (Wildman–Crippen LogP) is 1.55. The molecule has 0 aliphatic carbocycles. The highest BCUT2D eigenvalue weighted by Crippen LogP contribution is 2.16. The van der Waals surface area contributed by atoms with Crippen LogP contribution in [-0.2, 0) is 11.3 Å². The first-order valence-corrected chi connectivity index (χ1v) is 5.27. The van der Waals surface area contributed by atoms with E-state index < -0.39 is 6.04 Å². The van der Waals surface area contributed by atoms with Gasteiger partial charge in [0.2, 0.25) is 5.91 Å². The minimum absolute atomic E-state index is 0.252. The van der Waals surface area contributed by atoms with E-state index >= 15 is 0 Å². The average Bonchev–Trinajstić information content (AvgIpc) is 2.19. The van der Waals surface area contributed by atoms with Gasteiger partial charge in [0.1, 0.15) is 5.82 Å². The number of carbonyl (C=O) groups excluding carboxylic acids is 1. The molecule has 0 aromatic heterocycles. The van der Waals surface area contributed by atoms with Crippen molar-refractivity contribution in [3.8, 4) is 0 Å². The Balaban J connectivity index is 2.58. The zero-order chi connectivity index (χ0) is 11.4. The summed E-state index contributed by atoms with van der Waals surface area (Å²) in [4.78, 5) is 11.1. The molecule has 0 aliphatic rings. The zero-order valence-electron chi connectivity index (χ0n) is 8.26. The fourth-order valence-corrected chi connectivity index (χ4v) is 1.25. The topological polar surface area (TPSA) is 55.1 Å². The molecule has 1 aromatic carbocycles. The molecule has 82 valence electrons. The molecule has 3 nitrogen and oxygen atoms in total. The maximum Gasteiger partial charge on any atom is 0.236 e. The molecule has 0 heterocycles. The summed E-state index contributed by atoms with van der Waals surface area (Å²) in [6.07, 6.45) is 0. The number of nitrogens with two attached hydrogens (primary N) is 1. The second-order valence-corrected chi connectivity index (χ2v) is 4.11. The van der Waals surface area contributed by atoms with Crippen molar-refractivity contribution < 1.29 is 9.18 Å². The fraction of sp³-hybridized carbons (Fsp3) is 0.300. The highest BCUT2D eigenvalue weighted by molar-refractivity contribution is 9.10. The number of carbonyl (C=O) groups is 1. The standard InChI is InChI=1S/C10H12BrFN2O/c1-6(13)10(15)14-5-7-2-3-8(11)9(12)4-7/h2-4,6H,5,13H2,1H3,(H,14,15)/t6-/m0/s1. The third-order valence-electron chi connectivity index (χ3n) is 1.86. The maximum absolute atomic E-state index is 13.1. The number of halogens is 2. The molecule has 3 N–H and O–H groups in total. The molecule has 0 aliphatic heterocycles. The van der Waals surface area contributed by atoms with Crippen LogP contribution in [0.2, 0.25) is 0 Å². The molecule has 0 fully saturated rings. The Bertz CT molecular complexity index is 368. The lowest BCUT2D eigenvalue weighted by Crippen LogP contribution is -2.37. The fourth-order valence-electron chi connectivity index (χ4n) is 1.000. The second-order valence-electron chi connectivity index (χ2n) is 3.25. The SMILES string of the molecule is C[C@H](N)C(=O)NCc1ccc(Br)c(F)c1. The van der Waals surface area contributed by atoms with Crippen LogP contribution in [0.15, 0.2) is 22.7 Å². The normalized spacial score (nSPS) is 12.3. The molecule has 15 heavy (non-hydrogen) atoms. The molecule has 0 saturated carbocycles. The van der Waals surface area contributed by atoms with E-state index in [1.54, 1.807) is 19.1 Å². The van der Waals surface area contributed by atoms with Crippen LogP contribution >= 0.6 is 15.9 Å². The van der Waals surface area contributed by atoms with E-state index in [1.165, 1.54) is 6.07 Å². The minimum atomic E-state index is -0.551. The Morgan fingerprint density at radius 1 is 1.67 bits per heavy atom. The molecule has 0 unspecified atom stereocenters. The van der Waals surface area contributed by atoms with E-state index in [0.29, 0.717) is 10.0 Å². The summed E-state index contributed by atoms with van der Waals surface area (Å²) < 4.78 is 13.5. The first-order valence-electron chi connectivity index (χ1n) is 4.48. The summed E-state index contributed by atoms with van der Waals surface area (Å²) in [5.74, 6) is -0.596. The summed E-state index contributed by atoms with van der Waals surface area (Å²) in [5.41, 5.74) is 6.06. The Labute approximate surface area is 96.0 Å². The summed E-state index contributed by atoms with van der Waals surface area (Å²) in [6, 6.07) is 4.15. The molecule has 0 saturated heterocycles. The smallest absolute Gasteiger partial charge is 0.236 e. The van der Waals surface area contributed by atoms with Crippen molar-refractivity contribution in [2.45, 2.75) is 19.5 Å². The minimum Gasteiger partial charge on any atom is -0.351 e. The monoisotopic (exact) mass is 274 g/mol. The number of benzene rings is 1. The van der Waals surface area contributed by atoms with Crippen LogP contribution in [0.1, 0.15) is 12.5 Å². The van der Waals surface area contributed by atoms with E-state index in [-0.39, 0.29) is 18.3 Å². The summed E-state index contributed by atoms with van der Waals surface area (Å²) >= 11 is 3.05. The number of nitrogens with one attached hydrogen (secondary N) is 1. The molecule has 1 aromatic rings. The van der Waals surface area contributed by atoms with Gasteiger partial charge in [-0.3, -0.25) is 4.79 Å². The summed E-state index contributed by atoms with van der Waals surface area (Å²) in [6.45, 7) is 1.88. The van der Waals surface area contributed by atoms with Gasteiger partial charge in [-0.15, -0.1) is 0 Å². The van der Waals surface area contributed by atoms with Gasteiger partial charge in [-0.2, -0.15) is 0 Å². The van der Waals surface area contributed by atoms with Crippen molar-refractivity contribution in [2.24, 2.45) is 5.73 Å². The van der Waals surface area contributed by atoms with Crippen molar-refractivity contribution >= 4 is 21.8 Å². The van der Waals surface area contributed by atoms with Crippen LogP contribution in [0.5, 0.6) is 0 Å². The lowest BCUT2D eigenvalue weighted by molar-refractivity contribution is -0.122. The maximum atomic E-state index is 13.1. The second kappa shape index (κ2) is 5.23. The van der Waals surface area contributed by atoms with Gasteiger partial charge in [-0.05, 0) is 40.5 Å². The number of hydrogen-bond acceptors (Lipinski definition) is 2. The molecular weight excluding hydrogens is 263 g/mol. The Morgan fingerprint density at radius 2 is 2.33 bits per heavy atom. The van der Waals surface area contributed by atoms with E-state index in [1.807, 2.05) is 0 Å². The third-order valence-corrected chi connectivity index (χ3v) is 2.51. The van der Waals surface area contributed by atoms with Crippen molar-refractivity contribution in [1.29, 1.82) is 0 Å². The van der Waals surface area contributed by atoms with Gasteiger partial charge in [0.15, 0.2) is 0 Å². The van der Waals surface area contributed by atoms with E-state index in [0.717, 1.165) is 0 Å². The third kappa shape index (κ3) is 3.60. The van der Waals surface area contributed by atoms with Crippen molar-refractivity contribution in [3.63, 3.8) is 0 Å². The number of amides is 1. The summed E-state index contributed by atoms with van der Waals surface area (Å²) in [7, 11) is 0. The van der Waals surface area contributed by atoms with Crippen LogP contribution in [0.4, 0.5) is 4.39 Å². The molecule has 0 bridgehead atoms.